The summed E-state index contributed by atoms with van der Waals surface area (Å²) in [5.41, 5.74) is 0. The molecule has 0 aromatic heterocycles. The van der Waals surface area contributed by atoms with E-state index in [2.05, 4.69) is 18.5 Å². The van der Waals surface area contributed by atoms with Crippen LogP contribution in [-0.4, -0.2) is 30.2 Å². The summed E-state index contributed by atoms with van der Waals surface area (Å²) < 4.78 is 5.58. The van der Waals surface area contributed by atoms with Crippen molar-refractivity contribution in [3.63, 3.8) is 0 Å². The van der Waals surface area contributed by atoms with Crippen molar-refractivity contribution < 1.29 is 9.53 Å². The second kappa shape index (κ2) is 8.27. The number of hydrogen-bond donors (Lipinski definition) is 1. The number of benzene rings is 1. The molecule has 20 heavy (non-hydrogen) atoms. The van der Waals surface area contributed by atoms with Gasteiger partial charge in [0, 0.05) is 18.1 Å². The molecule has 1 aromatic rings. The van der Waals surface area contributed by atoms with Crippen LogP contribution < -0.4 is 10.1 Å². The molecule has 1 rings (SSSR count). The minimum absolute atomic E-state index is 0.230. The lowest BCUT2D eigenvalue weighted by atomic mass is 10.3. The Hall–Kier alpha value is -1.94. The van der Waals surface area contributed by atoms with E-state index in [1.165, 1.54) is 0 Å². The smallest absolute Gasteiger partial charge is 0.320 e. The van der Waals surface area contributed by atoms with Crippen LogP contribution in [0.25, 0.3) is 0 Å². The van der Waals surface area contributed by atoms with E-state index in [-0.39, 0.29) is 6.03 Å². The highest BCUT2D eigenvalue weighted by atomic mass is 35.5. The molecule has 0 spiro atoms. The molecule has 0 fully saturated rings. The van der Waals surface area contributed by atoms with Crippen LogP contribution in [0.3, 0.4) is 0 Å². The molecule has 1 unspecified atom stereocenters. The van der Waals surface area contributed by atoms with Gasteiger partial charge in [0.2, 0.25) is 0 Å². The fourth-order valence-electron chi connectivity index (χ4n) is 1.56. The molecule has 4 nitrogen and oxygen atoms in total. The number of carbonyl (C=O) groups is 1. The van der Waals surface area contributed by atoms with Gasteiger partial charge in [-0.1, -0.05) is 23.8 Å². The first-order valence-electron chi connectivity index (χ1n) is 6.26. The van der Waals surface area contributed by atoms with Gasteiger partial charge in [-0.15, -0.1) is 13.2 Å². The molecule has 5 heteroatoms. The molecular weight excluding hydrogens is 276 g/mol. The van der Waals surface area contributed by atoms with Crippen LogP contribution in [0.4, 0.5) is 4.79 Å². The van der Waals surface area contributed by atoms with E-state index >= 15 is 0 Å². The van der Waals surface area contributed by atoms with Gasteiger partial charge in [-0.2, -0.15) is 0 Å². The molecule has 0 heterocycles. The molecule has 0 saturated carbocycles. The highest BCUT2D eigenvalue weighted by Gasteiger charge is 2.14. The average molecular weight is 295 g/mol. The van der Waals surface area contributed by atoms with Gasteiger partial charge < -0.3 is 15.0 Å². The zero-order chi connectivity index (χ0) is 15.0. The van der Waals surface area contributed by atoms with Crippen LogP contribution in [0, 0.1) is 0 Å². The van der Waals surface area contributed by atoms with Crippen molar-refractivity contribution in [1.82, 2.24) is 10.2 Å². The van der Waals surface area contributed by atoms with Gasteiger partial charge in [0.05, 0.1) is 0 Å². The zero-order valence-electron chi connectivity index (χ0n) is 11.5. The second-order valence-electron chi connectivity index (χ2n) is 4.15. The number of urea groups is 1. The molecule has 0 bridgehead atoms. The number of halogens is 1. The van der Waals surface area contributed by atoms with Crippen molar-refractivity contribution in [3.05, 3.63) is 54.6 Å². The standard InChI is InChI=1S/C15H19ClN2O2/c1-4-10-18(11-5-2)15(19)17-12(3)20-14-8-6-13(16)7-9-14/h4-9,12H,1-2,10-11H2,3H3,(H,17,19). The third-order valence-electron chi connectivity index (χ3n) is 2.44. The molecule has 0 aliphatic carbocycles. The average Bonchev–Trinajstić information content (AvgIpc) is 2.41. The molecule has 1 N–H and O–H groups in total. The quantitative estimate of drug-likeness (QED) is 0.618. The maximum atomic E-state index is 12.0. The first kappa shape index (κ1) is 16.1. The summed E-state index contributed by atoms with van der Waals surface area (Å²) in [6, 6.07) is 6.72. The molecule has 1 atom stereocenters. The topological polar surface area (TPSA) is 41.6 Å². The van der Waals surface area contributed by atoms with Crippen molar-refractivity contribution in [2.45, 2.75) is 13.2 Å². The van der Waals surface area contributed by atoms with E-state index < -0.39 is 6.23 Å². The summed E-state index contributed by atoms with van der Waals surface area (Å²) in [6.07, 6.45) is 2.86. The number of nitrogens with one attached hydrogen (secondary N) is 1. The highest BCUT2D eigenvalue weighted by molar-refractivity contribution is 6.30. The fraction of sp³-hybridized carbons (Fsp3) is 0.267. The molecule has 0 radical (unpaired) electrons. The summed E-state index contributed by atoms with van der Waals surface area (Å²) in [6.45, 7) is 9.90. The zero-order valence-corrected chi connectivity index (χ0v) is 12.3. The number of carbonyl (C=O) groups excluding carboxylic acids is 1. The number of amides is 2. The predicted octanol–water partition coefficient (Wildman–Crippen LogP) is 3.45. The number of hydrogen-bond acceptors (Lipinski definition) is 2. The van der Waals surface area contributed by atoms with Crippen LogP contribution in [0.1, 0.15) is 6.92 Å². The fourth-order valence-corrected chi connectivity index (χ4v) is 1.69. The molecule has 0 aliphatic rings. The SMILES string of the molecule is C=CCN(CC=C)C(=O)NC(C)Oc1ccc(Cl)cc1. The van der Waals surface area contributed by atoms with Crippen molar-refractivity contribution in [3.8, 4) is 5.75 Å². The Bertz CT molecular complexity index is 449. The van der Waals surface area contributed by atoms with E-state index in [1.54, 1.807) is 48.2 Å². The summed E-state index contributed by atoms with van der Waals surface area (Å²) in [5.74, 6) is 0.640. The first-order chi connectivity index (χ1) is 9.56. The maximum absolute atomic E-state index is 12.0. The molecule has 108 valence electrons. The number of ether oxygens (including phenoxy) is 1. The van der Waals surface area contributed by atoms with Crippen molar-refractivity contribution >= 4 is 17.6 Å². The normalized spacial score (nSPS) is 11.3. The Labute approximate surface area is 124 Å². The van der Waals surface area contributed by atoms with E-state index in [4.69, 9.17) is 16.3 Å². The summed E-state index contributed by atoms with van der Waals surface area (Å²) in [4.78, 5) is 13.6. The van der Waals surface area contributed by atoms with Gasteiger partial charge in [0.25, 0.3) is 0 Å². The molecule has 2 amide bonds. The van der Waals surface area contributed by atoms with E-state index in [1.807, 2.05) is 0 Å². The van der Waals surface area contributed by atoms with Gasteiger partial charge in [-0.25, -0.2) is 4.79 Å². The monoisotopic (exact) mass is 294 g/mol. The Balaban J connectivity index is 2.53. The molecule has 1 aromatic carbocycles. The lowest BCUT2D eigenvalue weighted by molar-refractivity contribution is 0.158. The van der Waals surface area contributed by atoms with Gasteiger partial charge in [0.15, 0.2) is 6.23 Å². The van der Waals surface area contributed by atoms with E-state index in [0.29, 0.717) is 23.9 Å². The van der Waals surface area contributed by atoms with Crippen LogP contribution >= 0.6 is 11.6 Å². The minimum atomic E-state index is -0.458. The van der Waals surface area contributed by atoms with Crippen LogP contribution in [0.15, 0.2) is 49.6 Å². The van der Waals surface area contributed by atoms with Crippen LogP contribution in [0.5, 0.6) is 5.75 Å². The predicted molar refractivity (Wildman–Crippen MR) is 82.0 cm³/mol. The highest BCUT2D eigenvalue weighted by Crippen LogP contribution is 2.16. The largest absolute Gasteiger partial charge is 0.471 e. The number of rotatable bonds is 7. The van der Waals surface area contributed by atoms with Gasteiger partial charge >= 0.3 is 6.03 Å². The van der Waals surface area contributed by atoms with E-state index in [0.717, 1.165) is 0 Å². The molecule has 0 aliphatic heterocycles. The molecular formula is C15H19ClN2O2. The lowest BCUT2D eigenvalue weighted by Gasteiger charge is -2.23. The Kier molecular flexibility index (Phi) is 6.67. The Morgan fingerprint density at radius 3 is 2.40 bits per heavy atom. The summed E-state index contributed by atoms with van der Waals surface area (Å²) in [7, 11) is 0. The van der Waals surface area contributed by atoms with Crippen molar-refractivity contribution in [1.29, 1.82) is 0 Å². The van der Waals surface area contributed by atoms with Crippen molar-refractivity contribution in [2.75, 3.05) is 13.1 Å². The summed E-state index contributed by atoms with van der Waals surface area (Å²) in [5, 5.41) is 3.39. The summed E-state index contributed by atoms with van der Waals surface area (Å²) >= 11 is 5.79. The van der Waals surface area contributed by atoms with Gasteiger partial charge in [0.1, 0.15) is 5.75 Å². The van der Waals surface area contributed by atoms with Gasteiger partial charge in [-0.05, 0) is 31.2 Å². The van der Waals surface area contributed by atoms with Crippen LogP contribution in [0.2, 0.25) is 5.02 Å². The Morgan fingerprint density at radius 2 is 1.90 bits per heavy atom. The first-order valence-corrected chi connectivity index (χ1v) is 6.64. The minimum Gasteiger partial charge on any atom is -0.471 e. The maximum Gasteiger partial charge on any atom is 0.320 e. The second-order valence-corrected chi connectivity index (χ2v) is 4.58. The Morgan fingerprint density at radius 1 is 1.35 bits per heavy atom. The number of nitrogens with zero attached hydrogens (tertiary/aromatic N) is 1. The third-order valence-corrected chi connectivity index (χ3v) is 2.69. The lowest BCUT2D eigenvalue weighted by Crippen LogP contribution is -2.46. The third kappa shape index (κ3) is 5.36. The van der Waals surface area contributed by atoms with Crippen LogP contribution in [-0.2, 0) is 0 Å². The van der Waals surface area contributed by atoms with Crippen molar-refractivity contribution in [2.24, 2.45) is 0 Å². The van der Waals surface area contributed by atoms with Gasteiger partial charge in [-0.3, -0.25) is 0 Å². The molecule has 0 saturated heterocycles. The van der Waals surface area contributed by atoms with E-state index in [9.17, 15) is 4.79 Å².